The Morgan fingerprint density at radius 3 is 2.68 bits per heavy atom. The quantitative estimate of drug-likeness (QED) is 0.400. The molecule has 192 valence electrons. The van der Waals surface area contributed by atoms with Crippen molar-refractivity contribution in [2.75, 3.05) is 18.5 Å². The van der Waals surface area contributed by atoms with Gasteiger partial charge in [0.15, 0.2) is 5.82 Å². The van der Waals surface area contributed by atoms with Crippen LogP contribution in [0, 0.1) is 6.92 Å². The lowest BCUT2D eigenvalue weighted by Crippen LogP contribution is -2.56. The predicted molar refractivity (Wildman–Crippen MR) is 131 cm³/mol. The van der Waals surface area contributed by atoms with Crippen molar-refractivity contribution in [3.8, 4) is 16.9 Å². The largest absolute Gasteiger partial charge is 0.488 e. The Morgan fingerprint density at radius 1 is 1.08 bits per heavy atom. The molecule has 2 aliphatic rings. The number of pyridine rings is 3. The number of ether oxygens (including phenoxy) is 2. The van der Waals surface area contributed by atoms with Crippen LogP contribution in [0.1, 0.15) is 24.2 Å². The van der Waals surface area contributed by atoms with Gasteiger partial charge < -0.3 is 20.1 Å². The minimum atomic E-state index is -4.52. The lowest BCUT2D eigenvalue weighted by Gasteiger charge is -2.40. The highest BCUT2D eigenvalue weighted by molar-refractivity contribution is 5.75. The first-order valence-electron chi connectivity index (χ1n) is 12.1. The third-order valence-corrected chi connectivity index (χ3v) is 6.57. The number of hydrogen-bond donors (Lipinski definition) is 2. The zero-order valence-electron chi connectivity index (χ0n) is 20.0. The molecule has 6 rings (SSSR count). The van der Waals surface area contributed by atoms with Gasteiger partial charge in [-0.05, 0) is 42.8 Å². The number of aromatic nitrogens is 4. The van der Waals surface area contributed by atoms with Crippen LogP contribution in [0.15, 0.2) is 54.9 Å². The van der Waals surface area contributed by atoms with Crippen LogP contribution in [0.4, 0.5) is 24.8 Å². The van der Waals surface area contributed by atoms with E-state index in [0.29, 0.717) is 36.9 Å². The fourth-order valence-electron chi connectivity index (χ4n) is 4.94. The first kappa shape index (κ1) is 23.7. The van der Waals surface area contributed by atoms with E-state index in [9.17, 15) is 13.2 Å². The fourth-order valence-corrected chi connectivity index (χ4v) is 4.94. The van der Waals surface area contributed by atoms with E-state index in [2.05, 4.69) is 25.7 Å². The molecule has 2 bridgehead atoms. The van der Waals surface area contributed by atoms with Gasteiger partial charge >= 0.3 is 6.18 Å². The first-order valence-corrected chi connectivity index (χ1v) is 12.1. The van der Waals surface area contributed by atoms with Gasteiger partial charge in [-0.25, -0.2) is 9.50 Å². The van der Waals surface area contributed by atoms with Crippen molar-refractivity contribution in [2.24, 2.45) is 0 Å². The molecule has 4 aromatic heterocycles. The van der Waals surface area contributed by atoms with Gasteiger partial charge in [-0.1, -0.05) is 6.07 Å². The van der Waals surface area contributed by atoms with Crippen LogP contribution in [-0.4, -0.2) is 51.0 Å². The average Bonchev–Trinajstić information content (AvgIpc) is 3.26. The zero-order chi connectivity index (χ0) is 25.6. The van der Waals surface area contributed by atoms with Crippen molar-refractivity contribution in [1.29, 1.82) is 0 Å². The Morgan fingerprint density at radius 2 is 1.89 bits per heavy atom. The molecule has 4 aromatic rings. The third kappa shape index (κ3) is 5.09. The normalized spacial score (nSPS) is 21.7. The number of aryl methyl sites for hydroxylation is 1. The zero-order valence-corrected chi connectivity index (χ0v) is 20.0. The molecule has 2 saturated heterocycles. The van der Waals surface area contributed by atoms with Gasteiger partial charge in [0.1, 0.15) is 23.4 Å². The average molecular weight is 511 g/mol. The lowest BCUT2D eigenvalue weighted by molar-refractivity contribution is -0.141. The summed E-state index contributed by atoms with van der Waals surface area (Å²) in [6.45, 7) is 3.32. The number of anilines is 2. The highest BCUT2D eigenvalue weighted by Gasteiger charge is 2.34. The number of nitrogens with one attached hydrogen (secondary N) is 2. The summed E-state index contributed by atoms with van der Waals surface area (Å²) >= 11 is 0. The van der Waals surface area contributed by atoms with Crippen LogP contribution in [0.5, 0.6) is 5.75 Å². The van der Waals surface area contributed by atoms with Crippen molar-refractivity contribution < 1.29 is 22.6 Å². The summed E-state index contributed by atoms with van der Waals surface area (Å²) in [5.41, 5.74) is 2.51. The number of nitrogens with zero attached hydrogens (tertiary/aromatic N) is 4. The first-order chi connectivity index (χ1) is 17.8. The van der Waals surface area contributed by atoms with E-state index in [1.54, 1.807) is 23.0 Å². The molecule has 0 aromatic carbocycles. The molecular formula is C26H25F3N6O2. The van der Waals surface area contributed by atoms with Crippen molar-refractivity contribution in [1.82, 2.24) is 24.9 Å². The van der Waals surface area contributed by atoms with E-state index >= 15 is 0 Å². The van der Waals surface area contributed by atoms with Crippen molar-refractivity contribution in [3.63, 3.8) is 0 Å². The summed E-state index contributed by atoms with van der Waals surface area (Å²) in [6.07, 6.45) is 0.855. The molecule has 8 nitrogen and oxygen atoms in total. The van der Waals surface area contributed by atoms with Crippen LogP contribution in [0.2, 0.25) is 0 Å². The van der Waals surface area contributed by atoms with E-state index in [4.69, 9.17) is 9.47 Å². The number of hydrogen-bond acceptors (Lipinski definition) is 7. The third-order valence-electron chi connectivity index (χ3n) is 6.57. The van der Waals surface area contributed by atoms with Gasteiger partial charge in [-0.2, -0.15) is 18.3 Å². The van der Waals surface area contributed by atoms with Gasteiger partial charge in [0, 0.05) is 48.4 Å². The molecule has 6 heterocycles. The van der Waals surface area contributed by atoms with E-state index < -0.39 is 11.9 Å². The van der Waals surface area contributed by atoms with Crippen LogP contribution >= 0.6 is 0 Å². The van der Waals surface area contributed by atoms with Crippen molar-refractivity contribution in [2.45, 2.75) is 44.1 Å². The Hall–Kier alpha value is -3.70. The van der Waals surface area contributed by atoms with E-state index in [0.717, 1.165) is 41.2 Å². The maximum Gasteiger partial charge on any atom is 0.433 e. The maximum absolute atomic E-state index is 13.0. The molecule has 11 heteroatoms. The number of alkyl halides is 3. The number of fused-ring (bicyclic) bond motifs is 3. The molecule has 3 atom stereocenters. The van der Waals surface area contributed by atoms with Crippen LogP contribution in [-0.2, 0) is 10.9 Å². The van der Waals surface area contributed by atoms with Gasteiger partial charge in [-0.3, -0.25) is 4.98 Å². The Kier molecular flexibility index (Phi) is 5.96. The van der Waals surface area contributed by atoms with Crippen LogP contribution < -0.4 is 15.4 Å². The van der Waals surface area contributed by atoms with Crippen molar-refractivity contribution in [3.05, 3.63) is 66.2 Å². The molecule has 2 fully saturated rings. The lowest BCUT2D eigenvalue weighted by atomic mass is 9.94. The van der Waals surface area contributed by atoms with E-state index in [1.807, 2.05) is 25.1 Å². The van der Waals surface area contributed by atoms with Crippen LogP contribution in [0.3, 0.4) is 0 Å². The van der Waals surface area contributed by atoms with Gasteiger partial charge in [0.2, 0.25) is 0 Å². The molecule has 37 heavy (non-hydrogen) atoms. The summed E-state index contributed by atoms with van der Waals surface area (Å²) < 4.78 is 52.8. The summed E-state index contributed by atoms with van der Waals surface area (Å²) in [7, 11) is 0. The molecule has 2 aliphatic heterocycles. The van der Waals surface area contributed by atoms with Gasteiger partial charge in [0.25, 0.3) is 0 Å². The summed E-state index contributed by atoms with van der Waals surface area (Å²) in [4.78, 5) is 8.11. The monoisotopic (exact) mass is 510 g/mol. The van der Waals surface area contributed by atoms with E-state index in [-0.39, 0.29) is 11.9 Å². The van der Waals surface area contributed by atoms with Gasteiger partial charge in [0.05, 0.1) is 24.9 Å². The Balaban J connectivity index is 1.26. The Bertz CT molecular complexity index is 1430. The second-order valence-corrected chi connectivity index (χ2v) is 9.48. The standard InChI is InChI=1S/C26H25F3N6O2/c1-15-7-21(22(12-30-15)37-20-9-17-13-36-14-18(10-20)31-17)16-5-6-35-19(8-16)11-25(34-35)33-24-4-2-3-23(32-24)26(27,28)29/h2-8,11-12,17-18,20,31H,9-10,13-14H2,1H3,(H,32,33,34)/t17-,18+,20?. The maximum atomic E-state index is 13.0. The molecule has 0 radical (unpaired) electrons. The summed E-state index contributed by atoms with van der Waals surface area (Å²) in [5, 5.41) is 10.9. The topological polar surface area (TPSA) is 85.6 Å². The molecule has 2 N–H and O–H groups in total. The Labute approximate surface area is 210 Å². The fraction of sp³-hybridized carbons (Fsp3) is 0.346. The minimum absolute atomic E-state index is 0.0658. The molecular weight excluding hydrogens is 485 g/mol. The predicted octanol–water partition coefficient (Wildman–Crippen LogP) is 4.76. The summed E-state index contributed by atoms with van der Waals surface area (Å²) in [5.74, 6) is 1.16. The molecule has 0 amide bonds. The van der Waals surface area contributed by atoms with Crippen molar-refractivity contribution >= 4 is 17.2 Å². The number of piperidine rings is 1. The molecule has 0 saturated carbocycles. The number of rotatable bonds is 5. The smallest absolute Gasteiger partial charge is 0.433 e. The second kappa shape index (κ2) is 9.31. The molecule has 0 spiro atoms. The summed E-state index contributed by atoms with van der Waals surface area (Å²) in [6, 6.07) is 11.9. The molecule has 1 unspecified atom stereocenters. The highest BCUT2D eigenvalue weighted by atomic mass is 19.4. The minimum Gasteiger partial charge on any atom is -0.488 e. The number of morpholine rings is 1. The second-order valence-electron chi connectivity index (χ2n) is 9.48. The van der Waals surface area contributed by atoms with E-state index in [1.165, 1.54) is 12.1 Å². The highest BCUT2D eigenvalue weighted by Crippen LogP contribution is 2.34. The van der Waals surface area contributed by atoms with Crippen LogP contribution in [0.25, 0.3) is 16.6 Å². The van der Waals surface area contributed by atoms with Gasteiger partial charge in [-0.15, -0.1) is 0 Å². The molecule has 0 aliphatic carbocycles. The number of halogens is 3. The SMILES string of the molecule is Cc1cc(-c2ccn3nc(Nc4cccc(C(F)(F)F)n4)cc3c2)c(OC2C[C@H]3COC[C@@H](C2)N3)cn1.